The molecule has 4 aliphatic rings. The Bertz CT molecular complexity index is 517. The Hall–Kier alpha value is -0.570. The first-order valence-electron chi connectivity index (χ1n) is 10.2. The van der Waals surface area contributed by atoms with Gasteiger partial charge in [0.2, 0.25) is 0 Å². The Morgan fingerprint density at radius 3 is 2.42 bits per heavy atom. The van der Waals surface area contributed by atoms with E-state index in [2.05, 4.69) is 13.8 Å². The Morgan fingerprint density at radius 2 is 1.67 bits per heavy atom. The van der Waals surface area contributed by atoms with Crippen LogP contribution in [0.5, 0.6) is 0 Å². The van der Waals surface area contributed by atoms with Gasteiger partial charge >= 0.3 is 5.97 Å². The maximum absolute atomic E-state index is 12.3. The third-order valence-corrected chi connectivity index (χ3v) is 9.12. The number of esters is 1. The summed E-state index contributed by atoms with van der Waals surface area (Å²) in [6.07, 6.45) is 10.4. The molecule has 4 rings (SSSR count). The lowest BCUT2D eigenvalue weighted by atomic mass is 9.44. The Balaban J connectivity index is 1.60. The molecule has 0 unspecified atom stereocenters. The molecule has 136 valence electrons. The summed E-state index contributed by atoms with van der Waals surface area (Å²) in [4.78, 5) is 12.3. The number of hydrogen-bond acceptors (Lipinski definition) is 3. The van der Waals surface area contributed by atoms with E-state index in [-0.39, 0.29) is 23.4 Å². The average molecular weight is 335 g/mol. The molecule has 8 atom stereocenters. The minimum absolute atomic E-state index is 0.0270. The molecule has 3 nitrogen and oxygen atoms in total. The van der Waals surface area contributed by atoms with E-state index < -0.39 is 0 Å². The van der Waals surface area contributed by atoms with E-state index >= 15 is 0 Å². The number of carbonyl (C=O) groups is 1. The number of rotatable bonds is 1. The van der Waals surface area contributed by atoms with E-state index in [0.29, 0.717) is 17.3 Å². The molecule has 3 heteroatoms. The maximum atomic E-state index is 12.3. The van der Waals surface area contributed by atoms with E-state index in [1.165, 1.54) is 38.5 Å². The molecule has 0 aromatic rings. The fourth-order valence-electron chi connectivity index (χ4n) is 7.76. The topological polar surface area (TPSA) is 46.5 Å². The van der Waals surface area contributed by atoms with Crippen LogP contribution in [0.4, 0.5) is 0 Å². The lowest BCUT2D eigenvalue weighted by Gasteiger charge is -2.60. The van der Waals surface area contributed by atoms with Gasteiger partial charge in [0.25, 0.3) is 0 Å². The summed E-state index contributed by atoms with van der Waals surface area (Å²) in [5.74, 6) is 3.15. The monoisotopic (exact) mass is 334 g/mol. The fraction of sp³-hybridized carbons (Fsp3) is 0.952. The number of methoxy groups -OCH3 is 1. The molecule has 0 amide bonds. The van der Waals surface area contributed by atoms with Crippen LogP contribution < -0.4 is 0 Å². The van der Waals surface area contributed by atoms with Gasteiger partial charge in [-0.3, -0.25) is 4.79 Å². The van der Waals surface area contributed by atoms with Crippen LogP contribution >= 0.6 is 0 Å². The van der Waals surface area contributed by atoms with Gasteiger partial charge in [0.1, 0.15) is 0 Å². The molecule has 0 aromatic carbocycles. The van der Waals surface area contributed by atoms with Gasteiger partial charge in [0, 0.05) is 0 Å². The van der Waals surface area contributed by atoms with Crippen LogP contribution in [0.1, 0.15) is 71.6 Å². The van der Waals surface area contributed by atoms with Crippen molar-refractivity contribution in [2.24, 2.45) is 40.4 Å². The number of hydrogen-bond donors (Lipinski definition) is 1. The van der Waals surface area contributed by atoms with Gasteiger partial charge in [-0.2, -0.15) is 0 Å². The molecule has 0 aliphatic heterocycles. The van der Waals surface area contributed by atoms with Crippen LogP contribution in [0.25, 0.3) is 0 Å². The number of aliphatic hydroxyl groups excluding tert-OH is 1. The summed E-state index contributed by atoms with van der Waals surface area (Å²) < 4.78 is 5.14. The van der Waals surface area contributed by atoms with Crippen LogP contribution in [0.3, 0.4) is 0 Å². The zero-order chi connectivity index (χ0) is 17.1. The van der Waals surface area contributed by atoms with Crippen LogP contribution in [0.15, 0.2) is 0 Å². The van der Waals surface area contributed by atoms with Crippen molar-refractivity contribution in [3.8, 4) is 0 Å². The minimum Gasteiger partial charge on any atom is -0.469 e. The van der Waals surface area contributed by atoms with Crippen LogP contribution in [0, 0.1) is 40.4 Å². The van der Waals surface area contributed by atoms with E-state index in [4.69, 9.17) is 4.74 Å². The highest BCUT2D eigenvalue weighted by atomic mass is 16.5. The van der Waals surface area contributed by atoms with Crippen LogP contribution in [-0.4, -0.2) is 24.3 Å². The highest BCUT2D eigenvalue weighted by Gasteiger charge is 2.61. The first-order valence-corrected chi connectivity index (χ1v) is 10.2. The summed E-state index contributed by atoms with van der Waals surface area (Å²) in [5.41, 5.74) is 0.582. The van der Waals surface area contributed by atoms with Gasteiger partial charge < -0.3 is 9.84 Å². The van der Waals surface area contributed by atoms with Crippen molar-refractivity contribution >= 4 is 5.97 Å². The molecule has 4 fully saturated rings. The molecule has 0 saturated heterocycles. The highest BCUT2D eigenvalue weighted by molar-refractivity contribution is 5.73. The van der Waals surface area contributed by atoms with Crippen LogP contribution in [0.2, 0.25) is 0 Å². The van der Waals surface area contributed by atoms with Gasteiger partial charge in [-0.05, 0) is 92.3 Å². The summed E-state index contributed by atoms with van der Waals surface area (Å²) in [6, 6.07) is 0. The van der Waals surface area contributed by atoms with Crippen molar-refractivity contribution in [2.75, 3.05) is 7.11 Å². The van der Waals surface area contributed by atoms with E-state index in [1.807, 2.05) is 0 Å². The highest BCUT2D eigenvalue weighted by Crippen LogP contribution is 2.67. The molecular formula is C21H34O3. The molecule has 4 saturated carbocycles. The first-order chi connectivity index (χ1) is 11.4. The molecule has 0 spiro atoms. The Kier molecular flexibility index (Phi) is 4.02. The maximum Gasteiger partial charge on any atom is 0.309 e. The van der Waals surface area contributed by atoms with Gasteiger partial charge in [0.15, 0.2) is 0 Å². The normalized spacial score (nSPS) is 53.7. The molecular weight excluding hydrogens is 300 g/mol. The van der Waals surface area contributed by atoms with Crippen molar-refractivity contribution in [1.82, 2.24) is 0 Å². The summed E-state index contributed by atoms with van der Waals surface area (Å²) in [5, 5.41) is 10.1. The van der Waals surface area contributed by atoms with Gasteiger partial charge in [-0.25, -0.2) is 0 Å². The van der Waals surface area contributed by atoms with Crippen molar-refractivity contribution in [2.45, 2.75) is 77.7 Å². The largest absolute Gasteiger partial charge is 0.469 e. The van der Waals surface area contributed by atoms with Crippen molar-refractivity contribution in [1.29, 1.82) is 0 Å². The van der Waals surface area contributed by atoms with Crippen molar-refractivity contribution in [3.05, 3.63) is 0 Å². The van der Waals surface area contributed by atoms with Gasteiger partial charge in [0.05, 0.1) is 19.1 Å². The number of ether oxygens (including phenoxy) is 1. The number of fused-ring (bicyclic) bond motifs is 5. The van der Waals surface area contributed by atoms with Crippen molar-refractivity contribution < 1.29 is 14.6 Å². The van der Waals surface area contributed by atoms with Crippen molar-refractivity contribution in [3.63, 3.8) is 0 Å². The molecule has 24 heavy (non-hydrogen) atoms. The van der Waals surface area contributed by atoms with E-state index in [9.17, 15) is 9.90 Å². The van der Waals surface area contributed by atoms with E-state index in [1.54, 1.807) is 7.11 Å². The third-order valence-electron chi connectivity index (χ3n) is 9.12. The SMILES string of the molecule is COC(=O)[C@@H]1CC[C@@H]2[C@H]3CC[C@H]4C[C@@H](O)CC[C@]4(C)[C@@H]3CC[C@@]21C. The summed E-state index contributed by atoms with van der Waals surface area (Å²) in [7, 11) is 1.55. The number of aliphatic hydroxyl groups is 1. The molecule has 1 N–H and O–H groups in total. The van der Waals surface area contributed by atoms with E-state index in [0.717, 1.165) is 31.1 Å². The Labute approximate surface area is 146 Å². The standard InChI is InChI=1S/C21H34O3/c1-20-10-8-14(22)12-13(20)4-5-15-16-6-7-18(19(23)24-3)21(16,2)11-9-17(15)20/h13-18,22H,4-12H2,1-3H3/t13-,14-,15+,16+,17+,18-,20-,21-/m0/s1. The smallest absolute Gasteiger partial charge is 0.309 e. The second-order valence-electron chi connectivity index (χ2n) is 9.78. The first kappa shape index (κ1) is 16.9. The Morgan fingerprint density at radius 1 is 0.958 bits per heavy atom. The molecule has 0 radical (unpaired) electrons. The predicted octanol–water partition coefficient (Wildman–Crippen LogP) is 4.18. The molecule has 4 aliphatic carbocycles. The van der Waals surface area contributed by atoms with Gasteiger partial charge in [-0.15, -0.1) is 0 Å². The quantitative estimate of drug-likeness (QED) is 0.732. The number of carbonyl (C=O) groups excluding carboxylic acids is 1. The zero-order valence-corrected chi connectivity index (χ0v) is 15.6. The second-order valence-corrected chi connectivity index (χ2v) is 9.78. The lowest BCUT2D eigenvalue weighted by Crippen LogP contribution is -2.54. The van der Waals surface area contributed by atoms with Crippen LogP contribution in [-0.2, 0) is 9.53 Å². The average Bonchev–Trinajstić information content (AvgIpc) is 2.92. The molecule has 0 aromatic heterocycles. The predicted molar refractivity (Wildman–Crippen MR) is 93.2 cm³/mol. The molecule has 0 bridgehead atoms. The summed E-state index contributed by atoms with van der Waals surface area (Å²) in [6.45, 7) is 4.90. The van der Waals surface area contributed by atoms with Gasteiger partial charge in [-0.1, -0.05) is 13.8 Å². The fourth-order valence-corrected chi connectivity index (χ4v) is 7.76. The second kappa shape index (κ2) is 5.72. The zero-order valence-electron chi connectivity index (χ0n) is 15.6. The summed E-state index contributed by atoms with van der Waals surface area (Å²) >= 11 is 0. The third kappa shape index (κ3) is 2.22. The molecule has 0 heterocycles. The minimum atomic E-state index is -0.0660. The lowest BCUT2D eigenvalue weighted by molar-refractivity contribution is -0.157.